The molecule has 0 aliphatic carbocycles. The Morgan fingerprint density at radius 3 is 1.71 bits per heavy atom. The first-order valence-corrected chi connectivity index (χ1v) is 22.0. The smallest absolute Gasteiger partial charge is 0.306 e. The van der Waals surface area contributed by atoms with Gasteiger partial charge < -0.3 is 27.9 Å². The summed E-state index contributed by atoms with van der Waals surface area (Å²) in [6.07, 6.45) is 30.4. The Labute approximate surface area is 317 Å². The van der Waals surface area contributed by atoms with E-state index < -0.39 is 32.5 Å². The van der Waals surface area contributed by atoms with Gasteiger partial charge in [-0.15, -0.1) is 0 Å². The average molecular weight is 758 g/mol. The van der Waals surface area contributed by atoms with E-state index in [1.54, 1.807) is 6.08 Å². The summed E-state index contributed by atoms with van der Waals surface area (Å²) in [7, 11) is 1.12. The van der Waals surface area contributed by atoms with Gasteiger partial charge in [-0.2, -0.15) is 0 Å². The molecule has 2 atom stereocenters. The van der Waals surface area contributed by atoms with Gasteiger partial charge in [-0.3, -0.25) is 18.9 Å². The topological polar surface area (TPSA) is 128 Å². The predicted octanol–water partition coefficient (Wildman–Crippen LogP) is 9.73. The summed E-state index contributed by atoms with van der Waals surface area (Å²) in [5, 5.41) is 0. The standard InChI is InChI=1S/C41H76NO9P/c1-6-8-10-11-12-13-14-15-18-22-25-29-33-41(45)51-39(37-50-52(46,47)49-35-34-42(3,4)5)36-48-40(44)32-28-24-21-19-16-17-20-23-27-31-38(43)30-26-9-7-2/h20,23,27,31,39H,6-19,21-22,24-26,28-30,32-37H2,1-5H3/b23-20-,31-27+/t39-/m1/s1. The summed E-state index contributed by atoms with van der Waals surface area (Å²) < 4.78 is 33.7. The number of unbranched alkanes of at least 4 members (excludes halogenated alkanes) is 18. The normalized spacial score (nSPS) is 13.8. The highest BCUT2D eigenvalue weighted by atomic mass is 31.2. The van der Waals surface area contributed by atoms with Crippen LogP contribution in [-0.2, 0) is 37.5 Å². The van der Waals surface area contributed by atoms with Crippen molar-refractivity contribution in [2.45, 2.75) is 174 Å². The summed E-state index contributed by atoms with van der Waals surface area (Å²) in [6, 6.07) is 0. The van der Waals surface area contributed by atoms with E-state index >= 15 is 0 Å². The summed E-state index contributed by atoms with van der Waals surface area (Å²) >= 11 is 0. The number of esters is 2. The molecule has 0 aliphatic heterocycles. The van der Waals surface area contributed by atoms with Gasteiger partial charge in [-0.25, -0.2) is 0 Å². The summed E-state index contributed by atoms with van der Waals surface area (Å²) in [4.78, 5) is 49.1. The monoisotopic (exact) mass is 758 g/mol. The lowest BCUT2D eigenvalue weighted by Crippen LogP contribution is -2.37. The Morgan fingerprint density at radius 2 is 1.13 bits per heavy atom. The first kappa shape index (κ1) is 50.2. The van der Waals surface area contributed by atoms with Crippen molar-refractivity contribution in [2.75, 3.05) is 47.5 Å². The van der Waals surface area contributed by atoms with Crippen LogP contribution < -0.4 is 4.89 Å². The van der Waals surface area contributed by atoms with Crippen LogP contribution in [0, 0.1) is 0 Å². The number of nitrogens with zero attached hydrogens (tertiary/aromatic N) is 1. The van der Waals surface area contributed by atoms with E-state index in [0.717, 1.165) is 70.6 Å². The molecule has 0 aliphatic rings. The molecular formula is C41H76NO9P. The molecule has 0 aromatic carbocycles. The summed E-state index contributed by atoms with van der Waals surface area (Å²) in [5.74, 6) is -0.716. The minimum Gasteiger partial charge on any atom is -0.756 e. The van der Waals surface area contributed by atoms with Gasteiger partial charge in [0.2, 0.25) is 0 Å². The van der Waals surface area contributed by atoms with Gasteiger partial charge >= 0.3 is 11.9 Å². The predicted molar refractivity (Wildman–Crippen MR) is 209 cm³/mol. The van der Waals surface area contributed by atoms with Crippen molar-refractivity contribution in [1.82, 2.24) is 0 Å². The quantitative estimate of drug-likeness (QED) is 0.0152. The van der Waals surface area contributed by atoms with Crippen molar-refractivity contribution < 1.29 is 46.8 Å². The third kappa shape index (κ3) is 36.5. The van der Waals surface area contributed by atoms with Crippen molar-refractivity contribution in [2.24, 2.45) is 0 Å². The fourth-order valence-corrected chi connectivity index (χ4v) is 6.13. The Morgan fingerprint density at radius 1 is 0.635 bits per heavy atom. The van der Waals surface area contributed by atoms with E-state index in [-0.39, 0.29) is 31.8 Å². The van der Waals surface area contributed by atoms with Crippen LogP contribution in [0.4, 0.5) is 0 Å². The number of likely N-dealkylation sites (N-methyl/N-ethyl adjacent to an activating group) is 1. The highest BCUT2D eigenvalue weighted by Crippen LogP contribution is 2.38. The number of phosphoric ester groups is 1. The molecule has 304 valence electrons. The molecule has 0 fully saturated rings. The molecule has 0 bridgehead atoms. The van der Waals surface area contributed by atoms with Crippen LogP contribution in [0.25, 0.3) is 0 Å². The van der Waals surface area contributed by atoms with Gasteiger partial charge in [0.25, 0.3) is 7.82 Å². The molecule has 0 aromatic heterocycles. The molecule has 0 aromatic rings. The number of hydrogen-bond donors (Lipinski definition) is 0. The van der Waals surface area contributed by atoms with Crippen molar-refractivity contribution >= 4 is 25.5 Å². The Hall–Kier alpha value is -1.84. The van der Waals surface area contributed by atoms with Gasteiger partial charge in [-0.05, 0) is 38.2 Å². The Kier molecular flexibility index (Phi) is 32.5. The molecule has 0 heterocycles. The SMILES string of the molecule is CCCCCCCCCCCCCCC(=O)O[C@H](COC(=O)CCCCCCC/C=C\C=C\C(=O)CCCCC)COP(=O)([O-])OCC[N+](C)(C)C. The van der Waals surface area contributed by atoms with E-state index in [0.29, 0.717) is 30.3 Å². The zero-order valence-corrected chi connectivity index (χ0v) is 34.6. The van der Waals surface area contributed by atoms with Crippen molar-refractivity contribution in [3.63, 3.8) is 0 Å². The molecule has 10 nitrogen and oxygen atoms in total. The maximum Gasteiger partial charge on any atom is 0.306 e. The molecule has 0 spiro atoms. The maximum atomic E-state index is 12.6. The second kappa shape index (κ2) is 33.7. The third-order valence-corrected chi connectivity index (χ3v) is 9.66. The number of rotatable bonds is 37. The Balaban J connectivity index is 4.45. The summed E-state index contributed by atoms with van der Waals surface area (Å²) in [6.45, 7) is 4.01. The number of hydrogen-bond acceptors (Lipinski definition) is 9. The fourth-order valence-electron chi connectivity index (χ4n) is 5.40. The number of ether oxygens (including phenoxy) is 2. The van der Waals surface area contributed by atoms with Crippen LogP contribution in [0.3, 0.4) is 0 Å². The van der Waals surface area contributed by atoms with Crippen LogP contribution >= 0.6 is 7.82 Å². The van der Waals surface area contributed by atoms with Crippen LogP contribution in [0.15, 0.2) is 24.3 Å². The molecular weight excluding hydrogens is 681 g/mol. The molecule has 0 N–H and O–H groups in total. The van der Waals surface area contributed by atoms with Crippen LogP contribution in [0.2, 0.25) is 0 Å². The number of quaternary nitrogens is 1. The first-order valence-electron chi connectivity index (χ1n) is 20.5. The van der Waals surface area contributed by atoms with E-state index in [1.165, 1.54) is 51.4 Å². The zero-order valence-electron chi connectivity index (χ0n) is 33.8. The largest absolute Gasteiger partial charge is 0.756 e. The van der Waals surface area contributed by atoms with Crippen LogP contribution in [0.1, 0.15) is 168 Å². The second-order valence-corrected chi connectivity index (χ2v) is 16.5. The molecule has 0 amide bonds. The molecule has 52 heavy (non-hydrogen) atoms. The Bertz CT molecular complexity index is 1010. The van der Waals surface area contributed by atoms with Gasteiger partial charge in [-0.1, -0.05) is 135 Å². The zero-order chi connectivity index (χ0) is 38.8. The number of carbonyl (C=O) groups is 3. The van der Waals surface area contributed by atoms with Crippen molar-refractivity contribution in [3.8, 4) is 0 Å². The number of phosphoric acid groups is 1. The van der Waals surface area contributed by atoms with E-state index in [1.807, 2.05) is 33.3 Å². The van der Waals surface area contributed by atoms with Crippen LogP contribution in [-0.4, -0.2) is 75.8 Å². The van der Waals surface area contributed by atoms with Gasteiger partial charge in [0.1, 0.15) is 19.8 Å². The molecule has 0 radical (unpaired) electrons. The number of carbonyl (C=O) groups excluding carboxylic acids is 3. The van der Waals surface area contributed by atoms with Gasteiger partial charge in [0.15, 0.2) is 11.9 Å². The minimum atomic E-state index is -4.63. The molecule has 0 saturated carbocycles. The summed E-state index contributed by atoms with van der Waals surface area (Å²) in [5.41, 5.74) is 0. The number of allylic oxidation sites excluding steroid dienone is 4. The highest BCUT2D eigenvalue weighted by Gasteiger charge is 2.21. The molecule has 0 saturated heterocycles. The second-order valence-electron chi connectivity index (χ2n) is 15.0. The molecule has 1 unspecified atom stereocenters. The van der Waals surface area contributed by atoms with E-state index in [9.17, 15) is 23.8 Å². The highest BCUT2D eigenvalue weighted by molar-refractivity contribution is 7.45. The maximum absolute atomic E-state index is 12.6. The third-order valence-electron chi connectivity index (χ3n) is 8.70. The molecule has 0 rings (SSSR count). The molecule has 11 heteroatoms. The lowest BCUT2D eigenvalue weighted by atomic mass is 10.0. The minimum absolute atomic E-state index is 0.0435. The average Bonchev–Trinajstić information content (AvgIpc) is 3.08. The van der Waals surface area contributed by atoms with Gasteiger partial charge in [0.05, 0.1) is 27.7 Å². The van der Waals surface area contributed by atoms with Crippen molar-refractivity contribution in [1.29, 1.82) is 0 Å². The van der Waals surface area contributed by atoms with E-state index in [2.05, 4.69) is 19.9 Å². The lowest BCUT2D eigenvalue weighted by Gasteiger charge is -2.28. The number of ketones is 1. The fraction of sp³-hybridized carbons (Fsp3) is 0.829. The van der Waals surface area contributed by atoms with Crippen molar-refractivity contribution in [3.05, 3.63) is 24.3 Å². The lowest BCUT2D eigenvalue weighted by molar-refractivity contribution is -0.870. The van der Waals surface area contributed by atoms with E-state index in [4.69, 9.17) is 18.5 Å². The van der Waals surface area contributed by atoms with Gasteiger partial charge in [0, 0.05) is 19.3 Å². The van der Waals surface area contributed by atoms with Crippen LogP contribution in [0.5, 0.6) is 0 Å². The first-order chi connectivity index (χ1) is 24.9.